The third-order valence-electron chi connectivity index (χ3n) is 5.61. The molecule has 1 fully saturated rings. The van der Waals surface area contributed by atoms with Crippen LogP contribution in [-0.4, -0.2) is 43.2 Å². The first-order valence-corrected chi connectivity index (χ1v) is 10.8. The molecule has 0 radical (unpaired) electrons. The van der Waals surface area contributed by atoms with Gasteiger partial charge in [0, 0.05) is 29.9 Å². The molecule has 30 heavy (non-hydrogen) atoms. The Kier molecular flexibility index (Phi) is 6.70. The monoisotopic (exact) mass is 405 g/mol. The van der Waals surface area contributed by atoms with Crippen molar-refractivity contribution in [2.45, 2.75) is 32.7 Å². The third kappa shape index (κ3) is 5.22. The summed E-state index contributed by atoms with van der Waals surface area (Å²) in [7, 11) is 1.69. The van der Waals surface area contributed by atoms with Crippen molar-refractivity contribution in [3.05, 3.63) is 59.8 Å². The molecule has 1 aliphatic heterocycles. The van der Waals surface area contributed by atoms with Crippen molar-refractivity contribution < 1.29 is 9.47 Å². The summed E-state index contributed by atoms with van der Waals surface area (Å²) in [6.07, 6.45) is 3.73. The first-order valence-electron chi connectivity index (χ1n) is 10.8. The van der Waals surface area contributed by atoms with Gasteiger partial charge in [-0.05, 0) is 81.2 Å². The molecule has 0 aliphatic carbocycles. The van der Waals surface area contributed by atoms with Gasteiger partial charge in [-0.3, -0.25) is 4.98 Å². The van der Waals surface area contributed by atoms with Crippen LogP contribution in [0.3, 0.4) is 0 Å². The number of pyridine rings is 1. The van der Waals surface area contributed by atoms with E-state index in [2.05, 4.69) is 45.5 Å². The zero-order valence-electron chi connectivity index (χ0n) is 18.0. The van der Waals surface area contributed by atoms with E-state index in [4.69, 9.17) is 9.47 Å². The fourth-order valence-electron chi connectivity index (χ4n) is 4.04. The van der Waals surface area contributed by atoms with E-state index < -0.39 is 0 Å². The minimum Gasteiger partial charge on any atom is -0.497 e. The summed E-state index contributed by atoms with van der Waals surface area (Å²) in [5, 5.41) is 4.65. The lowest BCUT2D eigenvalue weighted by Crippen LogP contribution is -2.21. The lowest BCUT2D eigenvalue weighted by molar-refractivity contribution is 0.263. The molecule has 0 bridgehead atoms. The van der Waals surface area contributed by atoms with Crippen LogP contribution in [0.25, 0.3) is 10.9 Å². The second kappa shape index (κ2) is 9.81. The first-order chi connectivity index (χ1) is 14.7. The molecule has 0 spiro atoms. The molecule has 3 aromatic rings. The average molecular weight is 406 g/mol. The number of hydrogen-bond acceptors (Lipinski definition) is 5. The summed E-state index contributed by atoms with van der Waals surface area (Å²) in [4.78, 5) is 7.21. The number of methoxy groups -OCH3 is 1. The number of benzene rings is 2. The Hall–Kier alpha value is -2.79. The predicted molar refractivity (Wildman–Crippen MR) is 123 cm³/mol. The summed E-state index contributed by atoms with van der Waals surface area (Å²) in [6, 6.07) is 16.4. The first kappa shape index (κ1) is 20.5. The fraction of sp³-hybridized carbons (Fsp3) is 0.400. The van der Waals surface area contributed by atoms with Gasteiger partial charge in [-0.25, -0.2) is 0 Å². The Labute approximate surface area is 179 Å². The SMILES string of the molecule is COc1cccc(CNc2cc(C)nc3ccc(OCCCN4CCCC4)cc23)c1. The van der Waals surface area contributed by atoms with Crippen molar-refractivity contribution in [2.24, 2.45) is 0 Å². The van der Waals surface area contributed by atoms with Crippen LogP contribution in [0.15, 0.2) is 48.5 Å². The molecule has 5 nitrogen and oxygen atoms in total. The second-order valence-corrected chi connectivity index (χ2v) is 7.95. The van der Waals surface area contributed by atoms with Crippen molar-refractivity contribution in [1.82, 2.24) is 9.88 Å². The topological polar surface area (TPSA) is 46.6 Å². The molecule has 1 N–H and O–H groups in total. The summed E-state index contributed by atoms with van der Waals surface area (Å²) in [5.41, 5.74) is 4.22. The highest BCUT2D eigenvalue weighted by atomic mass is 16.5. The molecule has 1 aromatic heterocycles. The fourth-order valence-corrected chi connectivity index (χ4v) is 4.04. The Bertz CT molecular complexity index is 983. The van der Waals surface area contributed by atoms with Gasteiger partial charge in [-0.15, -0.1) is 0 Å². The van der Waals surface area contributed by atoms with Gasteiger partial charge in [0.2, 0.25) is 0 Å². The van der Waals surface area contributed by atoms with Gasteiger partial charge in [0.15, 0.2) is 0 Å². The summed E-state index contributed by atoms with van der Waals surface area (Å²) >= 11 is 0. The molecular formula is C25H31N3O2. The average Bonchev–Trinajstić information content (AvgIpc) is 3.29. The van der Waals surface area contributed by atoms with Crippen LogP contribution in [0.4, 0.5) is 5.69 Å². The van der Waals surface area contributed by atoms with E-state index in [0.717, 1.165) is 59.9 Å². The van der Waals surface area contributed by atoms with Crippen LogP contribution in [0, 0.1) is 6.92 Å². The largest absolute Gasteiger partial charge is 0.497 e. The molecule has 5 heteroatoms. The zero-order valence-corrected chi connectivity index (χ0v) is 18.0. The van der Waals surface area contributed by atoms with E-state index in [9.17, 15) is 0 Å². The number of anilines is 1. The van der Waals surface area contributed by atoms with Gasteiger partial charge in [-0.1, -0.05) is 12.1 Å². The molecule has 0 unspecified atom stereocenters. The smallest absolute Gasteiger partial charge is 0.120 e. The lowest BCUT2D eigenvalue weighted by Gasteiger charge is -2.15. The number of hydrogen-bond donors (Lipinski definition) is 1. The number of aromatic nitrogens is 1. The summed E-state index contributed by atoms with van der Waals surface area (Å²) in [6.45, 7) is 7.10. The van der Waals surface area contributed by atoms with Crippen LogP contribution in [0.5, 0.6) is 11.5 Å². The number of nitrogens with zero attached hydrogens (tertiary/aromatic N) is 2. The van der Waals surface area contributed by atoms with Gasteiger partial charge in [-0.2, -0.15) is 0 Å². The van der Waals surface area contributed by atoms with Crippen LogP contribution >= 0.6 is 0 Å². The highest BCUT2D eigenvalue weighted by molar-refractivity contribution is 5.92. The molecule has 4 rings (SSSR count). The molecule has 1 aliphatic rings. The van der Waals surface area contributed by atoms with E-state index in [1.807, 2.05) is 25.1 Å². The van der Waals surface area contributed by atoms with Crippen LogP contribution in [0.1, 0.15) is 30.5 Å². The minimum atomic E-state index is 0.719. The molecule has 158 valence electrons. The maximum absolute atomic E-state index is 6.05. The van der Waals surface area contributed by atoms with Gasteiger partial charge in [0.25, 0.3) is 0 Å². The highest BCUT2D eigenvalue weighted by Gasteiger charge is 2.11. The van der Waals surface area contributed by atoms with Gasteiger partial charge < -0.3 is 19.7 Å². The van der Waals surface area contributed by atoms with E-state index in [-0.39, 0.29) is 0 Å². The number of aryl methyl sites for hydroxylation is 1. The standard InChI is InChI=1S/C25H31N3O2/c1-19-15-25(26-18-20-7-5-8-21(16-20)29-2)23-17-22(9-10-24(23)27-19)30-14-6-13-28-11-3-4-12-28/h5,7-10,15-17H,3-4,6,11-14,18H2,1-2H3,(H,26,27). The Morgan fingerprint density at radius 3 is 2.73 bits per heavy atom. The number of ether oxygens (including phenoxy) is 2. The maximum Gasteiger partial charge on any atom is 0.120 e. The van der Waals surface area contributed by atoms with Gasteiger partial charge in [0.05, 0.1) is 19.2 Å². The van der Waals surface area contributed by atoms with E-state index in [1.54, 1.807) is 7.11 Å². The zero-order chi connectivity index (χ0) is 20.8. The maximum atomic E-state index is 6.05. The van der Waals surface area contributed by atoms with Gasteiger partial charge in [0.1, 0.15) is 11.5 Å². The molecule has 1 saturated heterocycles. The second-order valence-electron chi connectivity index (χ2n) is 7.95. The van der Waals surface area contributed by atoms with E-state index in [1.165, 1.54) is 31.5 Å². The normalized spacial score (nSPS) is 14.2. The highest BCUT2D eigenvalue weighted by Crippen LogP contribution is 2.28. The predicted octanol–water partition coefficient (Wildman–Crippen LogP) is 5.03. The minimum absolute atomic E-state index is 0.719. The van der Waals surface area contributed by atoms with Crippen molar-refractivity contribution in [1.29, 1.82) is 0 Å². The summed E-state index contributed by atoms with van der Waals surface area (Å²) < 4.78 is 11.4. The van der Waals surface area contributed by atoms with Gasteiger partial charge >= 0.3 is 0 Å². The van der Waals surface area contributed by atoms with Crippen LogP contribution in [-0.2, 0) is 6.54 Å². The Balaban J connectivity index is 1.44. The van der Waals surface area contributed by atoms with Crippen molar-refractivity contribution in [3.8, 4) is 11.5 Å². The van der Waals surface area contributed by atoms with E-state index in [0.29, 0.717) is 0 Å². The van der Waals surface area contributed by atoms with E-state index >= 15 is 0 Å². The third-order valence-corrected chi connectivity index (χ3v) is 5.61. The number of likely N-dealkylation sites (tertiary alicyclic amines) is 1. The molecule has 2 heterocycles. The Morgan fingerprint density at radius 1 is 1.03 bits per heavy atom. The quantitative estimate of drug-likeness (QED) is 0.506. The molecule has 2 aromatic carbocycles. The molecule has 0 saturated carbocycles. The number of rotatable bonds is 9. The summed E-state index contributed by atoms with van der Waals surface area (Å²) in [5.74, 6) is 1.77. The molecule has 0 amide bonds. The Morgan fingerprint density at radius 2 is 1.90 bits per heavy atom. The number of nitrogens with one attached hydrogen (secondary N) is 1. The molecular weight excluding hydrogens is 374 g/mol. The lowest BCUT2D eigenvalue weighted by atomic mass is 10.1. The molecule has 0 atom stereocenters. The van der Waals surface area contributed by atoms with Crippen molar-refractivity contribution in [3.63, 3.8) is 0 Å². The number of fused-ring (bicyclic) bond motifs is 1. The van der Waals surface area contributed by atoms with Crippen molar-refractivity contribution >= 4 is 16.6 Å². The van der Waals surface area contributed by atoms with Crippen LogP contribution in [0.2, 0.25) is 0 Å². The van der Waals surface area contributed by atoms with Crippen molar-refractivity contribution in [2.75, 3.05) is 38.7 Å². The van der Waals surface area contributed by atoms with Crippen LogP contribution < -0.4 is 14.8 Å².